The summed E-state index contributed by atoms with van der Waals surface area (Å²) in [6.07, 6.45) is 4.48. The van der Waals surface area contributed by atoms with Crippen LogP contribution in [0.25, 0.3) is 0 Å². The van der Waals surface area contributed by atoms with E-state index < -0.39 is 0 Å². The Hall–Kier alpha value is -1.11. The van der Waals surface area contributed by atoms with E-state index in [2.05, 4.69) is 70.7 Å². The number of Topliss-reactive ketones (excluding diaryl/α,β-unsaturated/α-hetero) is 1. The van der Waals surface area contributed by atoms with Gasteiger partial charge in [-0.15, -0.1) is 0 Å². The fraction of sp³-hybridized carbons (Fsp3) is 0.450. The second kappa shape index (κ2) is 5.22. The van der Waals surface area contributed by atoms with Gasteiger partial charge in [0.15, 0.2) is 0 Å². The summed E-state index contributed by atoms with van der Waals surface area (Å²) in [6.45, 7) is 13.0. The molecular formula is C20H24OSe. The second-order valence-corrected chi connectivity index (χ2v) is 10.0. The van der Waals surface area contributed by atoms with Gasteiger partial charge < -0.3 is 0 Å². The zero-order valence-corrected chi connectivity index (χ0v) is 15.5. The van der Waals surface area contributed by atoms with Gasteiger partial charge in [-0.2, -0.15) is 0 Å². The van der Waals surface area contributed by atoms with Crippen LogP contribution in [0, 0.1) is 22.7 Å². The Morgan fingerprint density at radius 1 is 1.18 bits per heavy atom. The molecule has 0 aliphatic heterocycles. The van der Waals surface area contributed by atoms with E-state index in [0.717, 1.165) is 5.57 Å². The van der Waals surface area contributed by atoms with Crippen molar-refractivity contribution in [2.45, 2.75) is 32.5 Å². The van der Waals surface area contributed by atoms with Crippen LogP contribution in [-0.2, 0) is 4.79 Å². The van der Waals surface area contributed by atoms with E-state index in [1.807, 2.05) is 6.07 Å². The molecule has 1 nitrogen and oxygen atoms in total. The Kier molecular flexibility index (Phi) is 3.74. The molecule has 3 aliphatic rings. The molecule has 3 unspecified atom stereocenters. The molecule has 4 atom stereocenters. The van der Waals surface area contributed by atoms with Crippen LogP contribution in [0.5, 0.6) is 0 Å². The summed E-state index contributed by atoms with van der Waals surface area (Å²) in [5.41, 5.74) is 0.844. The Balaban J connectivity index is 2.02. The number of carbonyl (C=O) groups excluding carboxylic acids is 1. The number of carbonyl (C=O) groups is 1. The summed E-state index contributed by atoms with van der Waals surface area (Å²) in [4.78, 5) is 13.4. The van der Waals surface area contributed by atoms with Crippen LogP contribution in [0.2, 0.25) is 4.82 Å². The Morgan fingerprint density at radius 2 is 1.82 bits per heavy atom. The zero-order chi connectivity index (χ0) is 16.1. The van der Waals surface area contributed by atoms with Gasteiger partial charge >= 0.3 is 140 Å². The van der Waals surface area contributed by atoms with E-state index >= 15 is 0 Å². The molecule has 2 heteroatoms. The molecule has 0 heterocycles. The van der Waals surface area contributed by atoms with E-state index in [4.69, 9.17) is 0 Å². The normalized spacial score (nSPS) is 35.6. The summed E-state index contributed by atoms with van der Waals surface area (Å²) in [7, 11) is 0. The van der Waals surface area contributed by atoms with Gasteiger partial charge in [-0.05, 0) is 0 Å². The second-order valence-electron chi connectivity index (χ2n) is 7.48. The van der Waals surface area contributed by atoms with Gasteiger partial charge in [-0.1, -0.05) is 0 Å². The van der Waals surface area contributed by atoms with Crippen LogP contribution in [0.1, 0.15) is 27.7 Å². The van der Waals surface area contributed by atoms with Gasteiger partial charge in [0.05, 0.1) is 0 Å². The Labute approximate surface area is 140 Å². The number of hydrogen-bond acceptors (Lipinski definition) is 1. The van der Waals surface area contributed by atoms with E-state index in [1.165, 1.54) is 4.46 Å². The molecule has 1 fully saturated rings. The minimum atomic E-state index is -0.384. The molecule has 2 bridgehead atoms. The maximum atomic E-state index is 13.2. The molecule has 22 heavy (non-hydrogen) atoms. The molecule has 0 radical (unpaired) electrons. The molecule has 3 aliphatic carbocycles. The van der Waals surface area contributed by atoms with E-state index in [1.54, 1.807) is 0 Å². The van der Waals surface area contributed by atoms with Crippen molar-refractivity contribution in [3.05, 3.63) is 54.6 Å². The predicted molar refractivity (Wildman–Crippen MR) is 93.4 cm³/mol. The Bertz CT molecular complexity index is 643. The van der Waals surface area contributed by atoms with E-state index in [-0.39, 0.29) is 36.5 Å². The average Bonchev–Trinajstić information content (AvgIpc) is 2.43. The summed E-state index contributed by atoms with van der Waals surface area (Å²) < 4.78 is 1.32. The topological polar surface area (TPSA) is 17.1 Å². The summed E-state index contributed by atoms with van der Waals surface area (Å²) in [6, 6.07) is 10.5. The minimum absolute atomic E-state index is 0.0877. The number of hydrogen-bond donors (Lipinski definition) is 0. The molecule has 0 N–H and O–H groups in total. The SMILES string of the molecule is C=C(C)C1C2(C)C=CC([C@H]([Se]c3ccccc3)C2=O)C1(C)C. The fourth-order valence-corrected chi connectivity index (χ4v) is 7.98. The van der Waals surface area contributed by atoms with Crippen LogP contribution in [-0.4, -0.2) is 20.7 Å². The van der Waals surface area contributed by atoms with Crippen LogP contribution < -0.4 is 4.46 Å². The molecule has 1 aromatic carbocycles. The molecular weight excluding hydrogens is 335 g/mol. The number of fused-ring (bicyclic) bond motifs is 2. The first kappa shape index (κ1) is 15.8. The Morgan fingerprint density at radius 3 is 2.41 bits per heavy atom. The number of rotatable bonds is 3. The first-order valence-corrected chi connectivity index (χ1v) is 9.74. The van der Waals surface area contributed by atoms with Gasteiger partial charge in [0.25, 0.3) is 0 Å². The van der Waals surface area contributed by atoms with Gasteiger partial charge in [0, 0.05) is 0 Å². The fourth-order valence-electron chi connectivity index (χ4n) is 4.72. The van der Waals surface area contributed by atoms with Gasteiger partial charge in [-0.3, -0.25) is 0 Å². The molecule has 1 aromatic rings. The van der Waals surface area contributed by atoms with Crippen LogP contribution in [0.4, 0.5) is 0 Å². The first-order valence-electron chi connectivity index (χ1n) is 7.89. The molecule has 0 spiro atoms. The third kappa shape index (κ3) is 2.16. The summed E-state index contributed by atoms with van der Waals surface area (Å²) in [5, 5.41) is 0. The predicted octanol–water partition coefficient (Wildman–Crippen LogP) is 3.80. The van der Waals surface area contributed by atoms with Crippen molar-refractivity contribution in [1.29, 1.82) is 0 Å². The van der Waals surface area contributed by atoms with Crippen molar-refractivity contribution in [3.63, 3.8) is 0 Å². The molecule has 0 amide bonds. The molecule has 0 aromatic heterocycles. The molecule has 4 rings (SSSR count). The van der Waals surface area contributed by atoms with E-state index in [0.29, 0.717) is 11.7 Å². The van der Waals surface area contributed by atoms with E-state index in [9.17, 15) is 4.79 Å². The van der Waals surface area contributed by atoms with Crippen molar-refractivity contribution < 1.29 is 4.79 Å². The third-order valence-electron chi connectivity index (χ3n) is 5.47. The standard InChI is InChI=1S/C20H24OSe/c1-13(2)17-19(3,4)15-11-12-20(17,5)18(21)16(15)22-14-9-7-6-8-10-14/h6-12,15-17H,1H2,2-5H3/t15?,16-,17?,20?/m0/s1. The van der Waals surface area contributed by atoms with Gasteiger partial charge in [-0.25, -0.2) is 0 Å². The molecule has 1 saturated carbocycles. The summed E-state index contributed by atoms with van der Waals surface area (Å²) >= 11 is 0.187. The van der Waals surface area contributed by atoms with Crippen molar-refractivity contribution in [3.8, 4) is 0 Å². The number of ketones is 1. The third-order valence-corrected chi connectivity index (χ3v) is 8.21. The first-order chi connectivity index (χ1) is 10.3. The van der Waals surface area contributed by atoms with Crippen LogP contribution >= 0.6 is 0 Å². The van der Waals surface area contributed by atoms with Crippen molar-refractivity contribution in [1.82, 2.24) is 0 Å². The zero-order valence-electron chi connectivity index (χ0n) is 13.8. The van der Waals surface area contributed by atoms with Crippen molar-refractivity contribution >= 4 is 25.2 Å². The monoisotopic (exact) mass is 360 g/mol. The average molecular weight is 359 g/mol. The maximum absolute atomic E-state index is 13.2. The molecule has 116 valence electrons. The summed E-state index contributed by atoms with van der Waals surface area (Å²) in [5.74, 6) is 0.991. The van der Waals surface area contributed by atoms with Crippen LogP contribution in [0.3, 0.4) is 0 Å². The molecule has 0 saturated heterocycles. The van der Waals surface area contributed by atoms with Crippen molar-refractivity contribution in [2.24, 2.45) is 22.7 Å². The van der Waals surface area contributed by atoms with Crippen LogP contribution in [0.15, 0.2) is 54.6 Å². The van der Waals surface area contributed by atoms with Gasteiger partial charge in [0.2, 0.25) is 0 Å². The number of benzene rings is 1. The number of allylic oxidation sites excluding steroid dienone is 3. The van der Waals surface area contributed by atoms with Gasteiger partial charge in [0.1, 0.15) is 0 Å². The quantitative estimate of drug-likeness (QED) is 0.593. The van der Waals surface area contributed by atoms with Crippen molar-refractivity contribution in [2.75, 3.05) is 0 Å².